The molecule has 1 amide bonds. The lowest BCUT2D eigenvalue weighted by Gasteiger charge is -2.24. The Morgan fingerprint density at radius 2 is 1.95 bits per heavy atom. The van der Waals surface area contributed by atoms with E-state index in [1.165, 1.54) is 0 Å². The standard InChI is InChI=1S/C12H16F3N3O2S/c1-7-9(10(21-3)17-8(2)16-7)11(20)18(4-5-19)6-12(13,14)15/h19H,4-6H2,1-3H3. The number of aliphatic hydroxyl groups excluding tert-OH is 1. The van der Waals surface area contributed by atoms with Crippen LogP contribution in [0, 0.1) is 13.8 Å². The molecule has 0 atom stereocenters. The van der Waals surface area contributed by atoms with Crippen molar-refractivity contribution in [3.05, 3.63) is 17.1 Å². The van der Waals surface area contributed by atoms with Gasteiger partial charge in [0.05, 0.1) is 17.9 Å². The highest BCUT2D eigenvalue weighted by molar-refractivity contribution is 7.98. The van der Waals surface area contributed by atoms with Gasteiger partial charge in [-0.2, -0.15) is 13.2 Å². The molecule has 0 fully saturated rings. The van der Waals surface area contributed by atoms with Crippen LogP contribution in [-0.4, -0.2) is 58.0 Å². The zero-order valence-corrected chi connectivity index (χ0v) is 12.7. The predicted molar refractivity (Wildman–Crippen MR) is 72.3 cm³/mol. The van der Waals surface area contributed by atoms with Gasteiger partial charge in [-0.25, -0.2) is 9.97 Å². The molecule has 5 nitrogen and oxygen atoms in total. The van der Waals surface area contributed by atoms with Crippen molar-refractivity contribution < 1.29 is 23.1 Å². The molecule has 0 aliphatic rings. The lowest BCUT2D eigenvalue weighted by atomic mass is 10.2. The van der Waals surface area contributed by atoms with Crippen LogP contribution in [0.4, 0.5) is 13.2 Å². The number of hydrogen-bond acceptors (Lipinski definition) is 5. The molecule has 21 heavy (non-hydrogen) atoms. The number of alkyl halides is 3. The van der Waals surface area contributed by atoms with E-state index in [2.05, 4.69) is 9.97 Å². The second-order valence-electron chi connectivity index (χ2n) is 4.31. The van der Waals surface area contributed by atoms with E-state index in [9.17, 15) is 18.0 Å². The molecule has 1 N–H and O–H groups in total. The molecule has 1 aromatic heterocycles. The van der Waals surface area contributed by atoms with Crippen LogP contribution in [0.15, 0.2) is 5.03 Å². The summed E-state index contributed by atoms with van der Waals surface area (Å²) in [6.45, 7) is 0.809. The van der Waals surface area contributed by atoms with Crippen LogP contribution in [0.1, 0.15) is 21.9 Å². The van der Waals surface area contributed by atoms with Crippen LogP contribution in [0.2, 0.25) is 0 Å². The maximum absolute atomic E-state index is 12.5. The Morgan fingerprint density at radius 3 is 2.43 bits per heavy atom. The molecule has 0 bridgehead atoms. The summed E-state index contributed by atoms with van der Waals surface area (Å²) in [5.74, 6) is -0.388. The van der Waals surface area contributed by atoms with Gasteiger partial charge in [-0.3, -0.25) is 4.79 Å². The fourth-order valence-electron chi connectivity index (χ4n) is 1.82. The van der Waals surface area contributed by atoms with Crippen molar-refractivity contribution in [3.8, 4) is 0 Å². The average Bonchev–Trinajstić information content (AvgIpc) is 2.35. The molecule has 0 spiro atoms. The third-order valence-corrected chi connectivity index (χ3v) is 3.29. The molecule has 1 heterocycles. The fraction of sp³-hybridized carbons (Fsp3) is 0.583. The highest BCUT2D eigenvalue weighted by atomic mass is 32.2. The number of aryl methyl sites for hydroxylation is 2. The summed E-state index contributed by atoms with van der Waals surface area (Å²) >= 11 is 1.16. The maximum Gasteiger partial charge on any atom is 0.406 e. The van der Waals surface area contributed by atoms with Crippen molar-refractivity contribution in [3.63, 3.8) is 0 Å². The van der Waals surface area contributed by atoms with E-state index in [4.69, 9.17) is 5.11 Å². The number of thioether (sulfide) groups is 1. The van der Waals surface area contributed by atoms with Crippen LogP contribution in [-0.2, 0) is 0 Å². The van der Waals surface area contributed by atoms with Gasteiger partial charge in [-0.1, -0.05) is 0 Å². The number of hydrogen-bond donors (Lipinski definition) is 1. The van der Waals surface area contributed by atoms with Crippen molar-refractivity contribution in [1.29, 1.82) is 0 Å². The van der Waals surface area contributed by atoms with E-state index in [-0.39, 0.29) is 5.56 Å². The lowest BCUT2D eigenvalue weighted by Crippen LogP contribution is -2.41. The van der Waals surface area contributed by atoms with E-state index >= 15 is 0 Å². The first kappa shape index (κ1) is 17.7. The number of nitrogens with zero attached hydrogens (tertiary/aromatic N) is 3. The molecule has 1 aromatic rings. The summed E-state index contributed by atoms with van der Waals surface area (Å²) in [7, 11) is 0. The first-order valence-corrected chi connectivity index (χ1v) is 7.28. The van der Waals surface area contributed by atoms with Gasteiger partial charge >= 0.3 is 6.18 Å². The molecule has 0 saturated heterocycles. The summed E-state index contributed by atoms with van der Waals surface area (Å²) in [5, 5.41) is 9.20. The Balaban J connectivity index is 3.20. The molecule has 0 saturated carbocycles. The smallest absolute Gasteiger partial charge is 0.395 e. The molecule has 0 unspecified atom stereocenters. The third-order valence-electron chi connectivity index (χ3n) is 2.60. The molecule has 9 heteroatoms. The van der Waals surface area contributed by atoms with E-state index in [1.54, 1.807) is 20.1 Å². The van der Waals surface area contributed by atoms with E-state index in [0.29, 0.717) is 21.4 Å². The minimum atomic E-state index is -4.54. The first-order valence-electron chi connectivity index (χ1n) is 6.05. The van der Waals surface area contributed by atoms with Crippen LogP contribution in [0.5, 0.6) is 0 Å². The second kappa shape index (κ2) is 7.08. The van der Waals surface area contributed by atoms with Gasteiger partial charge < -0.3 is 10.0 Å². The summed E-state index contributed by atoms with van der Waals surface area (Å²) in [4.78, 5) is 21.0. The average molecular weight is 323 g/mol. The molecule has 0 aliphatic heterocycles. The topological polar surface area (TPSA) is 66.3 Å². The minimum absolute atomic E-state index is 0.0470. The number of aliphatic hydroxyl groups is 1. The molecular weight excluding hydrogens is 307 g/mol. The minimum Gasteiger partial charge on any atom is -0.395 e. The van der Waals surface area contributed by atoms with Gasteiger partial charge in [0.2, 0.25) is 0 Å². The zero-order valence-electron chi connectivity index (χ0n) is 11.9. The molecule has 118 valence electrons. The Bertz CT molecular complexity index is 523. The summed E-state index contributed by atoms with van der Waals surface area (Å²) in [6, 6.07) is 0. The molecular formula is C12H16F3N3O2S. The molecule has 0 aromatic carbocycles. The summed E-state index contributed by atoms with van der Waals surface area (Å²) < 4.78 is 37.6. The number of halogens is 3. The lowest BCUT2D eigenvalue weighted by molar-refractivity contribution is -0.141. The summed E-state index contributed by atoms with van der Waals surface area (Å²) in [5.41, 5.74) is 0.368. The number of aromatic nitrogens is 2. The predicted octanol–water partition coefficient (Wildman–Crippen LogP) is 1.81. The van der Waals surface area contributed by atoms with Crippen LogP contribution in [0.25, 0.3) is 0 Å². The van der Waals surface area contributed by atoms with Crippen LogP contribution in [0.3, 0.4) is 0 Å². The van der Waals surface area contributed by atoms with Crippen LogP contribution < -0.4 is 0 Å². The fourth-order valence-corrected chi connectivity index (χ4v) is 2.49. The Morgan fingerprint density at radius 1 is 1.33 bits per heavy atom. The van der Waals surface area contributed by atoms with Crippen molar-refractivity contribution in [2.24, 2.45) is 0 Å². The van der Waals surface area contributed by atoms with Crippen molar-refractivity contribution >= 4 is 17.7 Å². The zero-order chi connectivity index (χ0) is 16.2. The number of rotatable bonds is 5. The normalized spacial score (nSPS) is 11.6. The van der Waals surface area contributed by atoms with Crippen molar-refractivity contribution in [2.75, 3.05) is 26.0 Å². The van der Waals surface area contributed by atoms with Gasteiger partial charge in [0.25, 0.3) is 5.91 Å². The van der Waals surface area contributed by atoms with Gasteiger partial charge in [0, 0.05) is 6.54 Å². The van der Waals surface area contributed by atoms with Crippen molar-refractivity contribution in [2.45, 2.75) is 25.0 Å². The van der Waals surface area contributed by atoms with E-state index < -0.39 is 31.8 Å². The highest BCUT2D eigenvalue weighted by Gasteiger charge is 2.34. The SMILES string of the molecule is CSc1nc(C)nc(C)c1C(=O)N(CCO)CC(F)(F)F. The monoisotopic (exact) mass is 323 g/mol. The number of carbonyl (C=O) groups is 1. The third kappa shape index (κ3) is 4.85. The van der Waals surface area contributed by atoms with Gasteiger partial charge in [-0.15, -0.1) is 11.8 Å². The molecule has 0 aliphatic carbocycles. The first-order chi connectivity index (χ1) is 9.69. The second-order valence-corrected chi connectivity index (χ2v) is 5.10. The molecule has 0 radical (unpaired) electrons. The Hall–Kier alpha value is -1.35. The number of amides is 1. The highest BCUT2D eigenvalue weighted by Crippen LogP contribution is 2.24. The van der Waals surface area contributed by atoms with Gasteiger partial charge in [0.1, 0.15) is 17.4 Å². The van der Waals surface area contributed by atoms with E-state index in [1.807, 2.05) is 0 Å². The van der Waals surface area contributed by atoms with E-state index in [0.717, 1.165) is 11.8 Å². The number of carbonyl (C=O) groups excluding carboxylic acids is 1. The van der Waals surface area contributed by atoms with Crippen molar-refractivity contribution in [1.82, 2.24) is 14.9 Å². The largest absolute Gasteiger partial charge is 0.406 e. The quantitative estimate of drug-likeness (QED) is 0.661. The Labute approximate surface area is 124 Å². The summed E-state index contributed by atoms with van der Waals surface area (Å²) in [6.07, 6.45) is -2.86. The van der Waals surface area contributed by atoms with Crippen LogP contribution >= 0.6 is 11.8 Å². The molecule has 1 rings (SSSR count). The Kier molecular flexibility index (Phi) is 5.97. The van der Waals surface area contributed by atoms with Gasteiger partial charge in [0.15, 0.2) is 0 Å². The van der Waals surface area contributed by atoms with Gasteiger partial charge in [-0.05, 0) is 20.1 Å². The maximum atomic E-state index is 12.5.